The van der Waals surface area contributed by atoms with Gasteiger partial charge in [-0.3, -0.25) is 4.79 Å². The first kappa shape index (κ1) is 19.1. The van der Waals surface area contributed by atoms with Crippen molar-refractivity contribution in [3.8, 4) is 0 Å². The van der Waals surface area contributed by atoms with Gasteiger partial charge in [0.2, 0.25) is 0 Å². The number of aliphatic carboxylic acids is 1. The van der Waals surface area contributed by atoms with Crippen molar-refractivity contribution in [2.45, 2.75) is 38.6 Å². The molecule has 2 saturated heterocycles. The van der Waals surface area contributed by atoms with Crippen LogP contribution in [0.4, 0.5) is 4.79 Å². The zero-order valence-electron chi connectivity index (χ0n) is 15.6. The predicted octanol–water partition coefficient (Wildman–Crippen LogP) is 3.30. The quantitative estimate of drug-likeness (QED) is 0.879. The molecule has 5 nitrogen and oxygen atoms in total. The molecule has 2 amide bonds. The van der Waals surface area contributed by atoms with Crippen LogP contribution in [0.5, 0.6) is 0 Å². The van der Waals surface area contributed by atoms with Crippen molar-refractivity contribution in [3.05, 3.63) is 35.4 Å². The number of piperidine rings is 1. The van der Waals surface area contributed by atoms with E-state index >= 15 is 0 Å². The molecule has 1 aromatic carbocycles. The minimum Gasteiger partial charge on any atom is -0.481 e. The van der Waals surface area contributed by atoms with Crippen LogP contribution in [0.25, 0.3) is 0 Å². The van der Waals surface area contributed by atoms with Crippen molar-refractivity contribution in [1.82, 2.24) is 9.80 Å². The highest BCUT2D eigenvalue weighted by molar-refractivity contribution is 7.99. The fraction of sp³-hybridized carbons (Fsp3) is 0.600. The maximum Gasteiger partial charge on any atom is 0.320 e. The molecule has 3 unspecified atom stereocenters. The van der Waals surface area contributed by atoms with E-state index in [9.17, 15) is 14.7 Å². The Morgan fingerprint density at radius 2 is 1.85 bits per heavy atom. The Labute approximate surface area is 159 Å². The number of nitrogens with zero attached hydrogens (tertiary/aromatic N) is 2. The highest BCUT2D eigenvalue weighted by atomic mass is 32.2. The number of urea groups is 1. The standard InChI is InChI=1S/C20H28N2O3S/c1-3-15-4-6-16(7-5-15)17-12-18(19(23)24)14(2)22(13-17)20(25)21-8-10-26-11-9-21/h4-7,14,17-18H,3,8-13H2,1-2H3,(H,23,24). The maximum atomic E-state index is 13.1. The molecule has 0 bridgehead atoms. The minimum atomic E-state index is -0.806. The number of rotatable bonds is 3. The Hall–Kier alpha value is -1.69. The SMILES string of the molecule is CCc1ccc(C2CC(C(=O)O)C(C)N(C(=O)N3CCSCC3)C2)cc1. The lowest BCUT2D eigenvalue weighted by Gasteiger charge is -2.44. The number of thioether (sulfide) groups is 1. The second-order valence-electron chi connectivity index (χ2n) is 7.25. The molecule has 0 aliphatic carbocycles. The average Bonchev–Trinajstić information content (AvgIpc) is 2.68. The molecule has 3 atom stereocenters. The van der Waals surface area contributed by atoms with Gasteiger partial charge < -0.3 is 14.9 Å². The zero-order chi connectivity index (χ0) is 18.7. The van der Waals surface area contributed by atoms with Crippen molar-refractivity contribution < 1.29 is 14.7 Å². The average molecular weight is 377 g/mol. The van der Waals surface area contributed by atoms with Crippen LogP contribution in [-0.4, -0.2) is 64.1 Å². The summed E-state index contributed by atoms with van der Waals surface area (Å²) >= 11 is 1.86. The molecule has 1 N–H and O–H groups in total. The van der Waals surface area contributed by atoms with E-state index in [-0.39, 0.29) is 18.0 Å². The first-order valence-corrected chi connectivity index (χ1v) is 10.6. The van der Waals surface area contributed by atoms with Gasteiger partial charge in [0.25, 0.3) is 0 Å². The van der Waals surface area contributed by atoms with Crippen molar-refractivity contribution in [2.75, 3.05) is 31.1 Å². The van der Waals surface area contributed by atoms with Crippen LogP contribution in [0.2, 0.25) is 0 Å². The molecule has 0 radical (unpaired) electrons. The Balaban J connectivity index is 1.82. The molecule has 0 saturated carbocycles. The molecule has 26 heavy (non-hydrogen) atoms. The Kier molecular flexibility index (Phi) is 6.12. The van der Waals surface area contributed by atoms with Gasteiger partial charge in [0.15, 0.2) is 0 Å². The number of carbonyl (C=O) groups is 2. The molecule has 2 fully saturated rings. The molecule has 2 aliphatic rings. The van der Waals surface area contributed by atoms with E-state index < -0.39 is 11.9 Å². The molecule has 142 valence electrons. The third-order valence-corrected chi connectivity index (χ3v) is 6.68. The molecule has 1 aromatic rings. The number of hydrogen-bond donors (Lipinski definition) is 1. The number of benzene rings is 1. The van der Waals surface area contributed by atoms with Gasteiger partial charge in [-0.2, -0.15) is 11.8 Å². The van der Waals surface area contributed by atoms with Crippen LogP contribution < -0.4 is 0 Å². The molecule has 2 aliphatic heterocycles. The molecule has 0 spiro atoms. The number of hydrogen-bond acceptors (Lipinski definition) is 3. The Morgan fingerprint density at radius 3 is 2.42 bits per heavy atom. The summed E-state index contributed by atoms with van der Waals surface area (Å²) in [6.07, 6.45) is 1.57. The Morgan fingerprint density at radius 1 is 1.19 bits per heavy atom. The number of carbonyl (C=O) groups excluding carboxylic acids is 1. The first-order valence-electron chi connectivity index (χ1n) is 9.46. The van der Waals surface area contributed by atoms with Crippen LogP contribution >= 0.6 is 11.8 Å². The topological polar surface area (TPSA) is 60.9 Å². The monoisotopic (exact) mass is 376 g/mol. The maximum absolute atomic E-state index is 13.1. The number of amides is 2. The lowest BCUT2D eigenvalue weighted by atomic mass is 9.80. The number of aryl methyl sites for hydroxylation is 1. The molecular formula is C20H28N2O3S. The summed E-state index contributed by atoms with van der Waals surface area (Å²) in [5.74, 6) is 0.652. The summed E-state index contributed by atoms with van der Waals surface area (Å²) in [6.45, 7) is 6.10. The van der Waals surface area contributed by atoms with Gasteiger partial charge in [-0.05, 0) is 30.9 Å². The molecule has 6 heteroatoms. The molecular weight excluding hydrogens is 348 g/mol. The number of carboxylic acid groups (broad SMARTS) is 1. The third-order valence-electron chi connectivity index (χ3n) is 5.73. The molecule has 3 rings (SSSR count). The van der Waals surface area contributed by atoms with E-state index in [0.29, 0.717) is 13.0 Å². The highest BCUT2D eigenvalue weighted by Crippen LogP contribution is 2.35. The van der Waals surface area contributed by atoms with E-state index in [1.807, 2.05) is 23.6 Å². The van der Waals surface area contributed by atoms with Gasteiger partial charge in [-0.15, -0.1) is 0 Å². The van der Waals surface area contributed by atoms with Crippen molar-refractivity contribution in [3.63, 3.8) is 0 Å². The summed E-state index contributed by atoms with van der Waals surface area (Å²) in [7, 11) is 0. The molecule has 2 heterocycles. The summed E-state index contributed by atoms with van der Waals surface area (Å²) in [4.78, 5) is 28.6. The predicted molar refractivity (Wildman–Crippen MR) is 105 cm³/mol. The fourth-order valence-corrected chi connectivity index (χ4v) is 4.86. The summed E-state index contributed by atoms with van der Waals surface area (Å²) in [6, 6.07) is 8.13. The lowest BCUT2D eigenvalue weighted by Crippen LogP contribution is -2.56. The van der Waals surface area contributed by atoms with Gasteiger partial charge in [0.05, 0.1) is 5.92 Å². The van der Waals surface area contributed by atoms with Gasteiger partial charge >= 0.3 is 12.0 Å². The van der Waals surface area contributed by atoms with Crippen LogP contribution in [0, 0.1) is 5.92 Å². The third kappa shape index (κ3) is 4.00. The van der Waals surface area contributed by atoms with E-state index in [0.717, 1.165) is 36.6 Å². The van der Waals surface area contributed by atoms with Crippen LogP contribution in [-0.2, 0) is 11.2 Å². The van der Waals surface area contributed by atoms with Crippen LogP contribution in [0.3, 0.4) is 0 Å². The second kappa shape index (κ2) is 8.33. The lowest BCUT2D eigenvalue weighted by molar-refractivity contribution is -0.145. The van der Waals surface area contributed by atoms with Gasteiger partial charge in [0.1, 0.15) is 0 Å². The zero-order valence-corrected chi connectivity index (χ0v) is 16.4. The van der Waals surface area contributed by atoms with Crippen LogP contribution in [0.1, 0.15) is 37.3 Å². The van der Waals surface area contributed by atoms with E-state index in [4.69, 9.17) is 0 Å². The Bertz CT molecular complexity index is 643. The smallest absolute Gasteiger partial charge is 0.320 e. The second-order valence-corrected chi connectivity index (χ2v) is 8.47. The van der Waals surface area contributed by atoms with Gasteiger partial charge in [-0.25, -0.2) is 4.79 Å². The summed E-state index contributed by atoms with van der Waals surface area (Å²) < 4.78 is 0. The first-order chi connectivity index (χ1) is 12.5. The van der Waals surface area contributed by atoms with Crippen molar-refractivity contribution >= 4 is 23.8 Å². The molecule has 0 aromatic heterocycles. The number of likely N-dealkylation sites (tertiary alicyclic amines) is 1. The van der Waals surface area contributed by atoms with Gasteiger partial charge in [0, 0.05) is 43.1 Å². The number of carboxylic acids is 1. The van der Waals surface area contributed by atoms with E-state index in [1.54, 1.807) is 4.90 Å². The fourth-order valence-electron chi connectivity index (χ4n) is 3.96. The summed E-state index contributed by atoms with van der Waals surface area (Å²) in [5, 5.41) is 9.71. The highest BCUT2D eigenvalue weighted by Gasteiger charge is 2.41. The largest absolute Gasteiger partial charge is 0.481 e. The minimum absolute atomic E-state index is 0.000992. The van der Waals surface area contributed by atoms with Crippen molar-refractivity contribution in [2.24, 2.45) is 5.92 Å². The van der Waals surface area contributed by atoms with Crippen molar-refractivity contribution in [1.29, 1.82) is 0 Å². The van der Waals surface area contributed by atoms with Crippen LogP contribution in [0.15, 0.2) is 24.3 Å². The normalized spacial score (nSPS) is 26.6. The van der Waals surface area contributed by atoms with Gasteiger partial charge in [-0.1, -0.05) is 31.2 Å². The van der Waals surface area contributed by atoms with E-state index in [2.05, 4.69) is 31.2 Å². The summed E-state index contributed by atoms with van der Waals surface area (Å²) in [5.41, 5.74) is 2.40. The van der Waals surface area contributed by atoms with E-state index in [1.165, 1.54) is 5.56 Å².